The first kappa shape index (κ1) is 16.2. The van der Waals surface area contributed by atoms with Gasteiger partial charge in [0.25, 0.3) is 5.91 Å². The van der Waals surface area contributed by atoms with E-state index in [1.165, 1.54) is 5.56 Å². The lowest BCUT2D eigenvalue weighted by molar-refractivity contribution is -0.117. The van der Waals surface area contributed by atoms with Gasteiger partial charge in [0.1, 0.15) is 0 Å². The average molecular weight is 322 g/mol. The van der Waals surface area contributed by atoms with Crippen molar-refractivity contribution in [3.63, 3.8) is 0 Å². The number of anilines is 1. The number of nitrogens with zero attached hydrogens (tertiary/aromatic N) is 1. The van der Waals surface area contributed by atoms with Crippen LogP contribution >= 0.6 is 0 Å². The van der Waals surface area contributed by atoms with Crippen LogP contribution in [0.1, 0.15) is 33.5 Å². The molecule has 124 valence electrons. The molecule has 1 N–H and O–H groups in total. The topological polar surface area (TPSA) is 49.4 Å². The van der Waals surface area contributed by atoms with Crippen LogP contribution in [0.3, 0.4) is 0 Å². The summed E-state index contributed by atoms with van der Waals surface area (Å²) in [6.07, 6.45) is 0.338. The lowest BCUT2D eigenvalue weighted by Crippen LogP contribution is -2.37. The molecule has 1 aliphatic rings. The molecule has 1 atom stereocenters. The van der Waals surface area contributed by atoms with Crippen LogP contribution in [0.4, 0.5) is 5.69 Å². The van der Waals surface area contributed by atoms with Gasteiger partial charge in [-0.1, -0.05) is 24.3 Å². The van der Waals surface area contributed by atoms with E-state index in [-0.39, 0.29) is 17.9 Å². The molecule has 1 heterocycles. The van der Waals surface area contributed by atoms with Crippen molar-refractivity contribution in [1.29, 1.82) is 0 Å². The summed E-state index contributed by atoms with van der Waals surface area (Å²) in [4.78, 5) is 26.5. The van der Waals surface area contributed by atoms with Crippen LogP contribution in [-0.4, -0.2) is 24.4 Å². The van der Waals surface area contributed by atoms with Gasteiger partial charge in [-0.25, -0.2) is 0 Å². The van der Waals surface area contributed by atoms with Crippen molar-refractivity contribution in [2.75, 3.05) is 11.4 Å². The quantitative estimate of drug-likeness (QED) is 0.944. The van der Waals surface area contributed by atoms with Gasteiger partial charge in [-0.05, 0) is 55.7 Å². The summed E-state index contributed by atoms with van der Waals surface area (Å²) in [6, 6.07) is 13.3. The Hall–Kier alpha value is -2.62. The molecule has 4 nitrogen and oxygen atoms in total. The largest absolute Gasteiger partial charge is 0.347 e. The summed E-state index contributed by atoms with van der Waals surface area (Å²) < 4.78 is 0. The Morgan fingerprint density at radius 2 is 1.79 bits per heavy atom. The monoisotopic (exact) mass is 322 g/mol. The van der Waals surface area contributed by atoms with Crippen LogP contribution in [-0.2, 0) is 4.79 Å². The van der Waals surface area contributed by atoms with Crippen LogP contribution in [0.25, 0.3) is 0 Å². The van der Waals surface area contributed by atoms with Gasteiger partial charge in [0.05, 0.1) is 6.04 Å². The molecule has 2 aromatic carbocycles. The summed E-state index contributed by atoms with van der Waals surface area (Å²) in [6.45, 7) is 6.52. The summed E-state index contributed by atoms with van der Waals surface area (Å²) in [5.74, 6) is -0.0684. The first-order valence-electron chi connectivity index (χ1n) is 8.20. The molecule has 1 aliphatic heterocycles. The molecule has 0 radical (unpaired) electrons. The predicted octanol–water partition coefficient (Wildman–Crippen LogP) is 3.15. The Balaban J connectivity index is 1.72. The van der Waals surface area contributed by atoms with E-state index < -0.39 is 0 Å². The van der Waals surface area contributed by atoms with Crippen molar-refractivity contribution in [2.45, 2.75) is 33.2 Å². The molecule has 3 rings (SSSR count). The number of carbonyl (C=O) groups is 2. The molecule has 1 fully saturated rings. The zero-order valence-electron chi connectivity index (χ0n) is 14.3. The smallest absolute Gasteiger partial charge is 0.251 e. The molecule has 0 aliphatic carbocycles. The van der Waals surface area contributed by atoms with Crippen molar-refractivity contribution in [1.82, 2.24) is 5.32 Å². The number of aryl methyl sites for hydroxylation is 3. The highest BCUT2D eigenvalue weighted by atomic mass is 16.2. The second-order valence-electron chi connectivity index (χ2n) is 6.46. The van der Waals surface area contributed by atoms with E-state index in [9.17, 15) is 9.59 Å². The Morgan fingerprint density at radius 1 is 1.04 bits per heavy atom. The number of rotatable bonds is 3. The molecule has 2 aromatic rings. The molecule has 0 spiro atoms. The molecule has 1 saturated heterocycles. The van der Waals surface area contributed by atoms with Gasteiger partial charge in [-0.3, -0.25) is 9.59 Å². The van der Waals surface area contributed by atoms with Crippen LogP contribution in [0.2, 0.25) is 0 Å². The molecular weight excluding hydrogens is 300 g/mol. The number of benzene rings is 2. The minimum absolute atomic E-state index is 0.0494. The molecule has 0 aromatic heterocycles. The fourth-order valence-corrected chi connectivity index (χ4v) is 3.04. The highest BCUT2D eigenvalue weighted by Crippen LogP contribution is 2.24. The number of nitrogens with one attached hydrogen (secondary N) is 1. The van der Waals surface area contributed by atoms with Gasteiger partial charge in [0.2, 0.25) is 5.91 Å². The van der Waals surface area contributed by atoms with Gasteiger partial charge in [0.15, 0.2) is 0 Å². The minimum atomic E-state index is -0.161. The fourth-order valence-electron chi connectivity index (χ4n) is 3.04. The zero-order valence-corrected chi connectivity index (χ0v) is 14.3. The Kier molecular flexibility index (Phi) is 4.38. The van der Waals surface area contributed by atoms with E-state index in [2.05, 4.69) is 12.2 Å². The summed E-state index contributed by atoms with van der Waals surface area (Å²) >= 11 is 0. The van der Waals surface area contributed by atoms with Gasteiger partial charge in [0, 0.05) is 24.2 Å². The molecular formula is C20H22N2O2. The third-order valence-electron chi connectivity index (χ3n) is 4.65. The zero-order chi connectivity index (χ0) is 17.3. The third-order valence-corrected chi connectivity index (χ3v) is 4.65. The molecule has 1 unspecified atom stereocenters. The average Bonchev–Trinajstić information content (AvgIpc) is 2.91. The van der Waals surface area contributed by atoms with Gasteiger partial charge < -0.3 is 10.2 Å². The second kappa shape index (κ2) is 6.48. The first-order valence-corrected chi connectivity index (χ1v) is 8.20. The molecule has 0 bridgehead atoms. The highest BCUT2D eigenvalue weighted by molar-refractivity contribution is 5.99. The number of amides is 2. The SMILES string of the molecule is Cc1ccc(N2CC(NC(=O)c3ccccc3C)CC2=O)cc1C. The Labute approximate surface area is 142 Å². The fraction of sp³-hybridized carbons (Fsp3) is 0.300. The van der Waals surface area contributed by atoms with Gasteiger partial charge in [-0.2, -0.15) is 0 Å². The van der Waals surface area contributed by atoms with Gasteiger partial charge in [-0.15, -0.1) is 0 Å². The van der Waals surface area contributed by atoms with E-state index in [4.69, 9.17) is 0 Å². The van der Waals surface area contributed by atoms with E-state index in [0.717, 1.165) is 16.8 Å². The molecule has 24 heavy (non-hydrogen) atoms. The van der Waals surface area contributed by atoms with E-state index in [0.29, 0.717) is 18.5 Å². The lowest BCUT2D eigenvalue weighted by atomic mass is 10.1. The summed E-state index contributed by atoms with van der Waals surface area (Å²) in [7, 11) is 0. The first-order chi connectivity index (χ1) is 11.5. The third kappa shape index (κ3) is 3.18. The maximum atomic E-state index is 12.4. The van der Waals surface area contributed by atoms with E-state index in [1.54, 1.807) is 4.90 Å². The van der Waals surface area contributed by atoms with Crippen molar-refractivity contribution in [2.24, 2.45) is 0 Å². The van der Waals surface area contributed by atoms with Crippen LogP contribution in [0.5, 0.6) is 0 Å². The summed E-state index contributed by atoms with van der Waals surface area (Å²) in [5.41, 5.74) is 4.86. The normalized spacial score (nSPS) is 17.2. The predicted molar refractivity (Wildman–Crippen MR) is 95.3 cm³/mol. The Morgan fingerprint density at radius 3 is 2.50 bits per heavy atom. The van der Waals surface area contributed by atoms with Crippen molar-refractivity contribution in [3.05, 3.63) is 64.7 Å². The molecule has 4 heteroatoms. The van der Waals surface area contributed by atoms with E-state index >= 15 is 0 Å². The van der Waals surface area contributed by atoms with Crippen molar-refractivity contribution < 1.29 is 9.59 Å². The van der Waals surface area contributed by atoms with Crippen molar-refractivity contribution in [3.8, 4) is 0 Å². The second-order valence-corrected chi connectivity index (χ2v) is 6.46. The highest BCUT2D eigenvalue weighted by Gasteiger charge is 2.32. The number of hydrogen-bond donors (Lipinski definition) is 1. The molecule has 2 amide bonds. The standard InChI is InChI=1S/C20H22N2O2/c1-13-8-9-17(10-15(13)3)22-12-16(11-19(22)23)21-20(24)18-7-5-4-6-14(18)2/h4-10,16H,11-12H2,1-3H3,(H,21,24). The summed E-state index contributed by atoms with van der Waals surface area (Å²) in [5, 5.41) is 2.99. The minimum Gasteiger partial charge on any atom is -0.347 e. The van der Waals surface area contributed by atoms with Gasteiger partial charge >= 0.3 is 0 Å². The van der Waals surface area contributed by atoms with Crippen LogP contribution in [0, 0.1) is 20.8 Å². The number of hydrogen-bond acceptors (Lipinski definition) is 2. The number of carbonyl (C=O) groups excluding carboxylic acids is 2. The van der Waals surface area contributed by atoms with Crippen LogP contribution < -0.4 is 10.2 Å². The maximum Gasteiger partial charge on any atom is 0.251 e. The Bertz CT molecular complexity index is 798. The van der Waals surface area contributed by atoms with Crippen molar-refractivity contribution >= 4 is 17.5 Å². The lowest BCUT2D eigenvalue weighted by Gasteiger charge is -2.18. The van der Waals surface area contributed by atoms with Crippen LogP contribution in [0.15, 0.2) is 42.5 Å². The molecule has 0 saturated carbocycles. The maximum absolute atomic E-state index is 12.4. The van der Waals surface area contributed by atoms with E-state index in [1.807, 2.05) is 56.3 Å².